The summed E-state index contributed by atoms with van der Waals surface area (Å²) < 4.78 is 0. The number of urea groups is 1. The monoisotopic (exact) mass is 342 g/mol. The van der Waals surface area contributed by atoms with Gasteiger partial charge in [-0.25, -0.2) is 9.89 Å². The molecule has 0 saturated carbocycles. The minimum Gasteiger partial charge on any atom is -0.326 e. The third-order valence-electron chi connectivity index (χ3n) is 3.91. The molecule has 2 heterocycles. The van der Waals surface area contributed by atoms with E-state index in [4.69, 9.17) is 0 Å². The summed E-state index contributed by atoms with van der Waals surface area (Å²) in [4.78, 5) is 41.1. The van der Waals surface area contributed by atoms with Gasteiger partial charge in [0.2, 0.25) is 11.9 Å². The summed E-state index contributed by atoms with van der Waals surface area (Å²) in [7, 11) is 0. The van der Waals surface area contributed by atoms with Crippen molar-refractivity contribution in [2.75, 3.05) is 11.9 Å². The molecule has 1 aliphatic rings. The lowest BCUT2D eigenvalue weighted by molar-refractivity contribution is -0.127. The van der Waals surface area contributed by atoms with Crippen LogP contribution < -0.4 is 10.6 Å². The average Bonchev–Trinajstić information content (AvgIpc) is 3.21. The fourth-order valence-corrected chi connectivity index (χ4v) is 2.61. The molecule has 0 radical (unpaired) electrons. The van der Waals surface area contributed by atoms with E-state index in [0.29, 0.717) is 13.0 Å². The SMILES string of the molecule is O=C(CCC1NC(=O)N(CCc2ccccc2)C1=O)Nc1ncn[nH]1. The summed E-state index contributed by atoms with van der Waals surface area (Å²) in [5.74, 6) is -0.355. The number of anilines is 1. The summed E-state index contributed by atoms with van der Waals surface area (Å²) in [6.45, 7) is 0.315. The Bertz CT molecular complexity index is 746. The van der Waals surface area contributed by atoms with Crippen LogP contribution in [0.3, 0.4) is 0 Å². The van der Waals surface area contributed by atoms with E-state index in [0.717, 1.165) is 5.56 Å². The fraction of sp³-hybridized carbons (Fsp3) is 0.312. The molecule has 1 unspecified atom stereocenters. The van der Waals surface area contributed by atoms with Crippen LogP contribution in [0.25, 0.3) is 0 Å². The van der Waals surface area contributed by atoms with Gasteiger partial charge in [-0.05, 0) is 18.4 Å². The van der Waals surface area contributed by atoms with Gasteiger partial charge in [0.15, 0.2) is 0 Å². The van der Waals surface area contributed by atoms with Gasteiger partial charge >= 0.3 is 6.03 Å². The molecule has 1 saturated heterocycles. The molecule has 1 fully saturated rings. The minimum atomic E-state index is -0.677. The molecule has 9 heteroatoms. The summed E-state index contributed by atoms with van der Waals surface area (Å²) in [5, 5.41) is 11.3. The number of rotatable bonds is 7. The van der Waals surface area contributed by atoms with Gasteiger partial charge in [0.05, 0.1) is 0 Å². The van der Waals surface area contributed by atoms with Gasteiger partial charge in [-0.2, -0.15) is 10.1 Å². The lowest BCUT2D eigenvalue weighted by Gasteiger charge is -2.13. The maximum atomic E-state index is 12.3. The number of imide groups is 1. The Morgan fingerprint density at radius 2 is 2.04 bits per heavy atom. The first-order valence-electron chi connectivity index (χ1n) is 7.94. The second-order valence-corrected chi connectivity index (χ2v) is 5.65. The molecule has 1 aromatic carbocycles. The van der Waals surface area contributed by atoms with Gasteiger partial charge in [-0.1, -0.05) is 30.3 Å². The van der Waals surface area contributed by atoms with E-state index in [2.05, 4.69) is 25.8 Å². The van der Waals surface area contributed by atoms with Gasteiger partial charge in [0, 0.05) is 13.0 Å². The van der Waals surface area contributed by atoms with Crippen molar-refractivity contribution in [3.63, 3.8) is 0 Å². The number of nitrogens with zero attached hydrogens (tertiary/aromatic N) is 3. The molecule has 25 heavy (non-hydrogen) atoms. The largest absolute Gasteiger partial charge is 0.326 e. The van der Waals surface area contributed by atoms with Crippen LogP contribution in [0.15, 0.2) is 36.7 Å². The first-order chi connectivity index (χ1) is 12.1. The first-order valence-corrected chi connectivity index (χ1v) is 7.94. The van der Waals surface area contributed by atoms with E-state index in [9.17, 15) is 14.4 Å². The number of benzene rings is 1. The molecule has 0 bridgehead atoms. The highest BCUT2D eigenvalue weighted by Crippen LogP contribution is 2.13. The average molecular weight is 342 g/mol. The molecule has 2 aromatic rings. The highest BCUT2D eigenvalue weighted by molar-refractivity contribution is 6.04. The number of hydrogen-bond donors (Lipinski definition) is 3. The van der Waals surface area contributed by atoms with Crippen LogP contribution in [-0.4, -0.2) is 50.5 Å². The van der Waals surface area contributed by atoms with Crippen LogP contribution in [0.2, 0.25) is 0 Å². The van der Waals surface area contributed by atoms with Gasteiger partial charge < -0.3 is 5.32 Å². The van der Waals surface area contributed by atoms with Crippen LogP contribution in [0.4, 0.5) is 10.7 Å². The molecule has 0 spiro atoms. The van der Waals surface area contributed by atoms with E-state index in [1.54, 1.807) is 0 Å². The van der Waals surface area contributed by atoms with Gasteiger partial charge in [-0.15, -0.1) is 0 Å². The quantitative estimate of drug-likeness (QED) is 0.639. The third kappa shape index (κ3) is 4.19. The second kappa shape index (κ2) is 7.56. The van der Waals surface area contributed by atoms with Crippen molar-refractivity contribution in [2.24, 2.45) is 0 Å². The predicted molar refractivity (Wildman–Crippen MR) is 88.4 cm³/mol. The molecular weight excluding hydrogens is 324 g/mol. The molecule has 9 nitrogen and oxygen atoms in total. The zero-order valence-electron chi connectivity index (χ0n) is 13.4. The number of carbonyl (C=O) groups is 3. The van der Waals surface area contributed by atoms with E-state index >= 15 is 0 Å². The fourth-order valence-electron chi connectivity index (χ4n) is 2.61. The van der Waals surface area contributed by atoms with Gasteiger partial charge in [0.1, 0.15) is 12.4 Å². The third-order valence-corrected chi connectivity index (χ3v) is 3.91. The Labute approximate surface area is 143 Å². The Kier molecular flexibility index (Phi) is 5.03. The maximum absolute atomic E-state index is 12.3. The van der Waals surface area contributed by atoms with Crippen molar-refractivity contribution in [3.05, 3.63) is 42.2 Å². The van der Waals surface area contributed by atoms with Crippen LogP contribution in [-0.2, 0) is 16.0 Å². The van der Waals surface area contributed by atoms with Crippen LogP contribution in [0.5, 0.6) is 0 Å². The smallest absolute Gasteiger partial charge is 0.324 e. The number of aromatic amines is 1. The predicted octanol–water partition coefficient (Wildman–Crippen LogP) is 0.686. The van der Waals surface area contributed by atoms with Crippen molar-refractivity contribution in [1.29, 1.82) is 0 Å². The molecule has 1 aromatic heterocycles. The first kappa shape index (κ1) is 16.6. The van der Waals surface area contributed by atoms with Crippen molar-refractivity contribution in [1.82, 2.24) is 25.4 Å². The molecular formula is C16H18N6O3. The van der Waals surface area contributed by atoms with E-state index in [-0.39, 0.29) is 30.6 Å². The lowest BCUT2D eigenvalue weighted by atomic mass is 10.1. The highest BCUT2D eigenvalue weighted by atomic mass is 16.2. The van der Waals surface area contributed by atoms with E-state index in [1.165, 1.54) is 11.2 Å². The number of carbonyl (C=O) groups excluding carboxylic acids is 3. The molecule has 130 valence electrons. The molecule has 1 atom stereocenters. The molecule has 1 aliphatic heterocycles. The number of H-pyrrole nitrogens is 1. The summed E-state index contributed by atoms with van der Waals surface area (Å²) in [5.41, 5.74) is 1.05. The number of aromatic nitrogens is 3. The van der Waals surface area contributed by atoms with Gasteiger partial charge in [-0.3, -0.25) is 19.8 Å². The molecule has 3 N–H and O–H groups in total. The van der Waals surface area contributed by atoms with Crippen LogP contribution >= 0.6 is 0 Å². The second-order valence-electron chi connectivity index (χ2n) is 5.65. The zero-order valence-corrected chi connectivity index (χ0v) is 13.4. The Morgan fingerprint density at radius 3 is 2.76 bits per heavy atom. The van der Waals surface area contributed by atoms with Crippen molar-refractivity contribution in [3.8, 4) is 0 Å². The molecule has 4 amide bonds. The van der Waals surface area contributed by atoms with Crippen molar-refractivity contribution >= 4 is 23.8 Å². The molecule has 0 aliphatic carbocycles. The van der Waals surface area contributed by atoms with Crippen molar-refractivity contribution in [2.45, 2.75) is 25.3 Å². The minimum absolute atomic E-state index is 0.0872. The topological polar surface area (TPSA) is 120 Å². The maximum Gasteiger partial charge on any atom is 0.324 e. The summed E-state index contributed by atoms with van der Waals surface area (Å²) in [6.07, 6.45) is 2.19. The Balaban J connectivity index is 1.48. The molecule has 3 rings (SSSR count). The van der Waals surface area contributed by atoms with E-state index in [1.807, 2.05) is 30.3 Å². The van der Waals surface area contributed by atoms with Crippen molar-refractivity contribution < 1.29 is 14.4 Å². The van der Waals surface area contributed by atoms with E-state index < -0.39 is 12.1 Å². The standard InChI is InChI=1S/C16H18N6O3/c23-13(20-15-17-10-18-21-15)7-6-12-14(24)22(16(25)19-12)9-8-11-4-2-1-3-5-11/h1-5,10,12H,6-9H2,(H,19,25)(H2,17,18,20,21,23). The van der Waals surface area contributed by atoms with Crippen LogP contribution in [0.1, 0.15) is 18.4 Å². The lowest BCUT2D eigenvalue weighted by Crippen LogP contribution is -2.33. The number of hydrogen-bond acceptors (Lipinski definition) is 5. The summed E-state index contributed by atoms with van der Waals surface area (Å²) >= 11 is 0. The normalized spacial score (nSPS) is 16.8. The Hall–Kier alpha value is -3.23. The highest BCUT2D eigenvalue weighted by Gasteiger charge is 2.37. The van der Waals surface area contributed by atoms with Crippen LogP contribution in [0, 0.1) is 0 Å². The number of amides is 4. The Morgan fingerprint density at radius 1 is 1.24 bits per heavy atom. The van der Waals surface area contributed by atoms with Gasteiger partial charge in [0.25, 0.3) is 5.91 Å². The number of nitrogens with one attached hydrogen (secondary N) is 3. The summed E-state index contributed by atoms with van der Waals surface area (Å²) in [6, 6.07) is 8.55. The zero-order chi connectivity index (χ0) is 17.6.